The van der Waals surface area contributed by atoms with Crippen molar-refractivity contribution in [3.8, 4) is 11.5 Å². The number of benzene rings is 1. The van der Waals surface area contributed by atoms with Gasteiger partial charge in [0, 0.05) is 0 Å². The first-order valence-corrected chi connectivity index (χ1v) is 5.21. The summed E-state index contributed by atoms with van der Waals surface area (Å²) in [6.07, 6.45) is 0. The van der Waals surface area contributed by atoms with Crippen molar-refractivity contribution in [1.29, 1.82) is 0 Å². The molecule has 1 aromatic rings. The molecule has 1 rings (SSSR count). The Morgan fingerprint density at radius 2 is 2.28 bits per heavy atom. The zero-order chi connectivity index (χ0) is 13.7. The lowest BCUT2D eigenvalue weighted by atomic mass is 10.3. The monoisotopic (exact) mass is 275 g/mol. The van der Waals surface area contributed by atoms with E-state index in [1.807, 2.05) is 0 Å². The van der Waals surface area contributed by atoms with E-state index in [4.69, 9.17) is 26.2 Å². The minimum Gasteiger partial charge on any atom is -0.491 e. The van der Waals surface area contributed by atoms with Crippen molar-refractivity contribution in [3.05, 3.63) is 28.3 Å². The number of halogens is 1. The fourth-order valence-corrected chi connectivity index (χ4v) is 1.21. The van der Waals surface area contributed by atoms with Crippen LogP contribution in [0.5, 0.6) is 11.5 Å². The predicted octanol–water partition coefficient (Wildman–Crippen LogP) is 1.67. The Balaban J connectivity index is 2.82. The van der Waals surface area contributed by atoms with Crippen LogP contribution < -0.4 is 9.47 Å². The minimum atomic E-state index is -1.22. The minimum absolute atomic E-state index is 0.0907. The van der Waals surface area contributed by atoms with Crippen molar-refractivity contribution in [1.82, 2.24) is 0 Å². The van der Waals surface area contributed by atoms with Crippen LogP contribution in [0.1, 0.15) is 0 Å². The first-order valence-electron chi connectivity index (χ1n) is 4.77. The molecule has 98 valence electrons. The number of carbonyl (C=O) groups is 1. The SMILES string of the molecule is COc1ccc(OCC(Cl)C(=O)O)cc1[N+](=O)[O-]. The van der Waals surface area contributed by atoms with Gasteiger partial charge in [0.1, 0.15) is 12.4 Å². The number of nitrogens with zero attached hydrogens (tertiary/aromatic N) is 1. The lowest BCUT2D eigenvalue weighted by Crippen LogP contribution is -2.21. The third kappa shape index (κ3) is 3.49. The number of ether oxygens (including phenoxy) is 2. The predicted molar refractivity (Wildman–Crippen MR) is 62.4 cm³/mol. The summed E-state index contributed by atoms with van der Waals surface area (Å²) >= 11 is 5.44. The molecule has 0 aliphatic heterocycles. The molecule has 8 heteroatoms. The van der Waals surface area contributed by atoms with Gasteiger partial charge in [-0.15, -0.1) is 11.6 Å². The van der Waals surface area contributed by atoms with Gasteiger partial charge in [-0.2, -0.15) is 0 Å². The quantitative estimate of drug-likeness (QED) is 0.482. The van der Waals surface area contributed by atoms with Gasteiger partial charge in [0.15, 0.2) is 11.1 Å². The molecule has 1 unspecified atom stereocenters. The van der Waals surface area contributed by atoms with Gasteiger partial charge in [0.25, 0.3) is 0 Å². The Morgan fingerprint density at radius 3 is 2.78 bits per heavy atom. The van der Waals surface area contributed by atoms with Gasteiger partial charge >= 0.3 is 11.7 Å². The summed E-state index contributed by atoms with van der Waals surface area (Å²) < 4.78 is 9.85. The molecule has 7 nitrogen and oxygen atoms in total. The van der Waals surface area contributed by atoms with Crippen LogP contribution in [0.15, 0.2) is 18.2 Å². The summed E-state index contributed by atoms with van der Waals surface area (Å²) in [5, 5.41) is 18.1. The van der Waals surface area contributed by atoms with E-state index < -0.39 is 16.3 Å². The molecule has 0 bridgehead atoms. The van der Waals surface area contributed by atoms with Crippen LogP contribution in [0.2, 0.25) is 0 Å². The third-order valence-corrected chi connectivity index (χ3v) is 2.32. The van der Waals surface area contributed by atoms with Gasteiger partial charge in [-0.05, 0) is 12.1 Å². The van der Waals surface area contributed by atoms with Gasteiger partial charge in [0.2, 0.25) is 0 Å². The summed E-state index contributed by atoms with van der Waals surface area (Å²) in [4.78, 5) is 20.6. The summed E-state index contributed by atoms with van der Waals surface area (Å²) in [7, 11) is 1.31. The number of carboxylic acid groups (broad SMARTS) is 1. The summed E-state index contributed by atoms with van der Waals surface area (Å²) in [5.41, 5.74) is -0.267. The van der Waals surface area contributed by atoms with E-state index in [1.54, 1.807) is 0 Å². The largest absolute Gasteiger partial charge is 0.491 e. The highest BCUT2D eigenvalue weighted by Gasteiger charge is 2.18. The maximum Gasteiger partial charge on any atom is 0.325 e. The van der Waals surface area contributed by atoms with Gasteiger partial charge < -0.3 is 14.6 Å². The second kappa shape index (κ2) is 6.06. The molecule has 0 aliphatic rings. The second-order valence-electron chi connectivity index (χ2n) is 3.21. The Hall–Kier alpha value is -2.02. The van der Waals surface area contributed by atoms with Crippen LogP contribution in [0.25, 0.3) is 0 Å². The first kappa shape index (κ1) is 14.0. The Labute approximate surface area is 107 Å². The van der Waals surface area contributed by atoms with Crippen LogP contribution >= 0.6 is 11.6 Å². The van der Waals surface area contributed by atoms with Crippen molar-refractivity contribution in [2.75, 3.05) is 13.7 Å². The standard InChI is InChI=1S/C10H10ClNO6/c1-17-9-3-2-6(4-8(9)12(15)16)18-5-7(11)10(13)14/h2-4,7H,5H2,1H3,(H,13,14). The number of hydrogen-bond donors (Lipinski definition) is 1. The molecule has 0 saturated heterocycles. The molecule has 0 spiro atoms. The molecule has 1 aromatic carbocycles. The Kier molecular flexibility index (Phi) is 4.73. The smallest absolute Gasteiger partial charge is 0.325 e. The van der Waals surface area contributed by atoms with Crippen LogP contribution in [0.3, 0.4) is 0 Å². The van der Waals surface area contributed by atoms with E-state index in [0.29, 0.717) is 0 Å². The van der Waals surface area contributed by atoms with Crippen molar-refractivity contribution < 1.29 is 24.3 Å². The van der Waals surface area contributed by atoms with E-state index in [0.717, 1.165) is 6.07 Å². The molecule has 0 heterocycles. The highest BCUT2D eigenvalue weighted by molar-refractivity contribution is 6.29. The number of aliphatic carboxylic acids is 1. The van der Waals surface area contributed by atoms with E-state index in [-0.39, 0.29) is 23.8 Å². The van der Waals surface area contributed by atoms with Gasteiger partial charge in [-0.1, -0.05) is 0 Å². The van der Waals surface area contributed by atoms with Crippen molar-refractivity contribution in [2.45, 2.75) is 5.38 Å². The molecule has 0 aliphatic carbocycles. The van der Waals surface area contributed by atoms with Crippen LogP contribution in [-0.4, -0.2) is 35.1 Å². The number of carboxylic acids is 1. The maximum absolute atomic E-state index is 10.7. The first-order chi connectivity index (χ1) is 8.45. The Bertz CT molecular complexity index is 464. The average Bonchev–Trinajstić information content (AvgIpc) is 2.35. The number of nitro benzene ring substituents is 1. The van der Waals surface area contributed by atoms with Crippen LogP contribution in [0, 0.1) is 10.1 Å². The van der Waals surface area contributed by atoms with Crippen LogP contribution in [0.4, 0.5) is 5.69 Å². The molecule has 0 fully saturated rings. The molecule has 0 aromatic heterocycles. The van der Waals surface area contributed by atoms with Crippen molar-refractivity contribution in [3.63, 3.8) is 0 Å². The van der Waals surface area contributed by atoms with Crippen molar-refractivity contribution >= 4 is 23.3 Å². The lowest BCUT2D eigenvalue weighted by molar-refractivity contribution is -0.385. The topological polar surface area (TPSA) is 98.9 Å². The second-order valence-corrected chi connectivity index (χ2v) is 3.73. The highest BCUT2D eigenvalue weighted by Crippen LogP contribution is 2.30. The molecule has 1 atom stereocenters. The molecular formula is C10H10ClNO6. The highest BCUT2D eigenvalue weighted by atomic mass is 35.5. The summed E-state index contributed by atoms with van der Waals surface area (Å²) in [5.74, 6) is -0.984. The summed E-state index contributed by atoms with van der Waals surface area (Å²) in [6.45, 7) is -0.291. The number of methoxy groups -OCH3 is 1. The molecule has 0 radical (unpaired) electrons. The number of nitro groups is 1. The normalized spacial score (nSPS) is 11.7. The summed E-state index contributed by atoms with van der Waals surface area (Å²) in [6, 6.07) is 3.93. The number of rotatable bonds is 6. The Morgan fingerprint density at radius 1 is 1.61 bits per heavy atom. The molecule has 18 heavy (non-hydrogen) atoms. The number of hydrogen-bond acceptors (Lipinski definition) is 5. The van der Waals surface area contributed by atoms with Crippen molar-refractivity contribution in [2.24, 2.45) is 0 Å². The zero-order valence-electron chi connectivity index (χ0n) is 9.33. The van der Waals surface area contributed by atoms with Gasteiger partial charge in [-0.3, -0.25) is 14.9 Å². The molecule has 0 saturated carbocycles. The van der Waals surface area contributed by atoms with E-state index in [9.17, 15) is 14.9 Å². The van der Waals surface area contributed by atoms with E-state index in [2.05, 4.69) is 0 Å². The maximum atomic E-state index is 10.7. The van der Waals surface area contributed by atoms with Gasteiger partial charge in [-0.25, -0.2) is 0 Å². The third-order valence-electron chi connectivity index (χ3n) is 2.01. The zero-order valence-corrected chi connectivity index (χ0v) is 10.1. The van der Waals surface area contributed by atoms with Gasteiger partial charge in [0.05, 0.1) is 18.1 Å². The molecule has 0 amide bonds. The van der Waals surface area contributed by atoms with E-state index >= 15 is 0 Å². The number of alkyl halides is 1. The fraction of sp³-hybridized carbons (Fsp3) is 0.300. The fourth-order valence-electron chi connectivity index (χ4n) is 1.14. The average molecular weight is 276 g/mol. The molecular weight excluding hydrogens is 266 g/mol. The van der Waals surface area contributed by atoms with E-state index in [1.165, 1.54) is 19.2 Å². The molecule has 1 N–H and O–H groups in total. The van der Waals surface area contributed by atoms with Crippen LogP contribution in [-0.2, 0) is 4.79 Å². The lowest BCUT2D eigenvalue weighted by Gasteiger charge is -2.08.